The third-order valence-electron chi connectivity index (χ3n) is 5.08. The molecule has 184 valence electrons. The van der Waals surface area contributed by atoms with Crippen LogP contribution in [0.4, 0.5) is 11.4 Å². The minimum atomic E-state index is -0.549. The van der Waals surface area contributed by atoms with Crippen LogP contribution in [0.15, 0.2) is 47.6 Å². The van der Waals surface area contributed by atoms with Gasteiger partial charge >= 0.3 is 0 Å². The minimum absolute atomic E-state index is 0.0928. The molecular weight excluding hydrogens is 583 g/mol. The van der Waals surface area contributed by atoms with E-state index in [1.54, 1.807) is 0 Å². The molecule has 0 saturated heterocycles. The molecule has 10 nitrogen and oxygen atoms in total. The van der Waals surface area contributed by atoms with Crippen LogP contribution in [-0.2, 0) is 17.9 Å². The monoisotopic (exact) mass is 608 g/mol. The van der Waals surface area contributed by atoms with Gasteiger partial charge in [-0.25, -0.2) is 0 Å². The molecule has 12 heteroatoms. The van der Waals surface area contributed by atoms with Crippen LogP contribution in [0.1, 0.15) is 48.4 Å². The number of thioether (sulfide) groups is 1. The van der Waals surface area contributed by atoms with E-state index >= 15 is 0 Å². The normalized spacial score (nSPS) is 10.9. The molecule has 2 aromatic carbocycles. The number of nitro groups is 1. The van der Waals surface area contributed by atoms with Gasteiger partial charge in [0.05, 0.1) is 17.2 Å². The number of nitrogens with zero attached hydrogens (tertiary/aromatic N) is 4. The van der Waals surface area contributed by atoms with Crippen molar-refractivity contribution in [3.05, 3.63) is 73.1 Å². The molecule has 0 radical (unpaired) electrons. The SMILES string of the molecule is CCn1c(CNC(=O)c2cccc([N+](=O)[O-])c2)nnc1SCC(=O)Nc1ccc(I)cc1C(C)C. The van der Waals surface area contributed by atoms with Crippen LogP contribution in [0, 0.1) is 13.7 Å². The summed E-state index contributed by atoms with van der Waals surface area (Å²) in [6, 6.07) is 11.4. The highest BCUT2D eigenvalue weighted by Crippen LogP contribution is 2.27. The summed E-state index contributed by atoms with van der Waals surface area (Å²) in [6.07, 6.45) is 0. The van der Waals surface area contributed by atoms with E-state index < -0.39 is 10.8 Å². The molecule has 0 spiro atoms. The fraction of sp³-hybridized carbons (Fsp3) is 0.304. The summed E-state index contributed by atoms with van der Waals surface area (Å²) in [5.41, 5.74) is 1.91. The summed E-state index contributed by atoms with van der Waals surface area (Å²) in [4.78, 5) is 35.4. The highest BCUT2D eigenvalue weighted by atomic mass is 127. The molecule has 0 unspecified atom stereocenters. The van der Waals surface area contributed by atoms with Crippen LogP contribution in [0.25, 0.3) is 0 Å². The number of non-ortho nitro benzene ring substituents is 1. The second kappa shape index (κ2) is 12.1. The van der Waals surface area contributed by atoms with Gasteiger partial charge in [-0.15, -0.1) is 10.2 Å². The average Bonchev–Trinajstić information content (AvgIpc) is 3.24. The third-order valence-corrected chi connectivity index (χ3v) is 6.72. The van der Waals surface area contributed by atoms with Crippen molar-refractivity contribution in [3.8, 4) is 0 Å². The van der Waals surface area contributed by atoms with E-state index in [0.29, 0.717) is 17.5 Å². The van der Waals surface area contributed by atoms with Gasteiger partial charge in [0.2, 0.25) is 5.91 Å². The first-order chi connectivity index (χ1) is 16.7. The van der Waals surface area contributed by atoms with Gasteiger partial charge in [-0.1, -0.05) is 31.7 Å². The number of aromatic nitrogens is 3. The molecule has 3 rings (SSSR count). The van der Waals surface area contributed by atoms with E-state index in [1.165, 1.54) is 36.0 Å². The first-order valence-corrected chi connectivity index (χ1v) is 12.9. The number of nitro benzene ring substituents is 1. The van der Waals surface area contributed by atoms with Crippen LogP contribution in [0.5, 0.6) is 0 Å². The standard InChI is InChI=1S/C23H25IN6O4S/c1-4-29-20(12-25-22(32)15-6-5-7-17(10-15)30(33)34)27-28-23(29)35-13-21(31)26-19-9-8-16(24)11-18(19)14(2)3/h5-11,14H,4,12-13H2,1-3H3,(H,25,32)(H,26,31). The number of hydrogen-bond acceptors (Lipinski definition) is 7. The molecule has 1 aromatic heterocycles. The molecule has 35 heavy (non-hydrogen) atoms. The van der Waals surface area contributed by atoms with Crippen molar-refractivity contribution in [3.63, 3.8) is 0 Å². The maximum atomic E-state index is 12.6. The van der Waals surface area contributed by atoms with Gasteiger partial charge in [0.25, 0.3) is 11.6 Å². The van der Waals surface area contributed by atoms with Gasteiger partial charge in [-0.2, -0.15) is 0 Å². The Morgan fingerprint density at radius 2 is 1.97 bits per heavy atom. The molecule has 2 N–H and O–H groups in total. The molecule has 0 bridgehead atoms. The number of carbonyl (C=O) groups excluding carboxylic acids is 2. The molecule has 2 amide bonds. The summed E-state index contributed by atoms with van der Waals surface area (Å²) in [7, 11) is 0. The van der Waals surface area contributed by atoms with Crippen molar-refractivity contribution in [2.75, 3.05) is 11.1 Å². The lowest BCUT2D eigenvalue weighted by Gasteiger charge is -2.14. The van der Waals surface area contributed by atoms with Gasteiger partial charge in [-0.05, 0) is 65.3 Å². The topological polar surface area (TPSA) is 132 Å². The largest absolute Gasteiger partial charge is 0.345 e. The summed E-state index contributed by atoms with van der Waals surface area (Å²) >= 11 is 3.51. The Kier molecular flexibility index (Phi) is 9.20. The molecule has 0 atom stereocenters. The van der Waals surface area contributed by atoms with Crippen LogP contribution < -0.4 is 10.6 Å². The van der Waals surface area contributed by atoms with Crippen LogP contribution in [0.2, 0.25) is 0 Å². The van der Waals surface area contributed by atoms with Crippen molar-refractivity contribution in [1.29, 1.82) is 0 Å². The second-order valence-electron chi connectivity index (χ2n) is 7.86. The van der Waals surface area contributed by atoms with Gasteiger partial charge in [-0.3, -0.25) is 19.7 Å². The second-order valence-corrected chi connectivity index (χ2v) is 10.0. The Balaban J connectivity index is 1.61. The number of amides is 2. The molecule has 3 aromatic rings. The summed E-state index contributed by atoms with van der Waals surface area (Å²) in [6.45, 7) is 6.72. The lowest BCUT2D eigenvalue weighted by molar-refractivity contribution is -0.384. The molecule has 1 heterocycles. The average molecular weight is 608 g/mol. The number of anilines is 1. The number of carbonyl (C=O) groups is 2. The molecule has 0 saturated carbocycles. The summed E-state index contributed by atoms with van der Waals surface area (Å²) in [5.74, 6) is 0.349. The maximum Gasteiger partial charge on any atom is 0.270 e. The fourth-order valence-corrected chi connectivity index (χ4v) is 4.67. The zero-order valence-electron chi connectivity index (χ0n) is 19.4. The van der Waals surface area contributed by atoms with Gasteiger partial charge in [0, 0.05) is 33.5 Å². The minimum Gasteiger partial charge on any atom is -0.345 e. The predicted molar refractivity (Wildman–Crippen MR) is 143 cm³/mol. The van der Waals surface area contributed by atoms with Crippen molar-refractivity contribution in [2.45, 2.75) is 44.9 Å². The van der Waals surface area contributed by atoms with Gasteiger partial charge < -0.3 is 15.2 Å². The zero-order chi connectivity index (χ0) is 25.5. The highest BCUT2D eigenvalue weighted by Gasteiger charge is 2.17. The van der Waals surface area contributed by atoms with Crippen LogP contribution in [0.3, 0.4) is 0 Å². The van der Waals surface area contributed by atoms with Crippen molar-refractivity contribution in [1.82, 2.24) is 20.1 Å². The number of benzene rings is 2. The van der Waals surface area contributed by atoms with E-state index in [1.807, 2.05) is 23.6 Å². The number of nitrogens with one attached hydrogen (secondary N) is 2. The summed E-state index contributed by atoms with van der Waals surface area (Å²) < 4.78 is 2.93. The predicted octanol–water partition coefficient (Wildman–Crippen LogP) is 4.60. The smallest absolute Gasteiger partial charge is 0.270 e. The van der Waals surface area contributed by atoms with Crippen LogP contribution >= 0.6 is 34.4 Å². The quantitative estimate of drug-likeness (QED) is 0.149. The Hall–Kier alpha value is -3.00. The van der Waals surface area contributed by atoms with E-state index in [4.69, 9.17) is 0 Å². The Bertz CT molecular complexity index is 1250. The van der Waals surface area contributed by atoms with Gasteiger partial charge in [0.15, 0.2) is 11.0 Å². The number of hydrogen-bond donors (Lipinski definition) is 2. The number of rotatable bonds is 10. The van der Waals surface area contributed by atoms with Crippen molar-refractivity contribution >= 4 is 57.5 Å². The lowest BCUT2D eigenvalue weighted by atomic mass is 10.0. The van der Waals surface area contributed by atoms with Crippen molar-refractivity contribution < 1.29 is 14.5 Å². The summed E-state index contributed by atoms with van der Waals surface area (Å²) in [5, 5.41) is 25.5. The third kappa shape index (κ3) is 7.01. The van der Waals surface area contributed by atoms with E-state index in [2.05, 4.69) is 63.3 Å². The Morgan fingerprint density at radius 1 is 1.20 bits per heavy atom. The first kappa shape index (κ1) is 26.6. The first-order valence-electron chi connectivity index (χ1n) is 10.9. The van der Waals surface area contributed by atoms with E-state index in [9.17, 15) is 19.7 Å². The number of halogens is 1. The molecule has 0 aliphatic carbocycles. The van der Waals surface area contributed by atoms with Crippen molar-refractivity contribution in [2.24, 2.45) is 0 Å². The Morgan fingerprint density at radius 3 is 2.66 bits per heavy atom. The van der Waals surface area contributed by atoms with E-state index in [0.717, 1.165) is 14.8 Å². The van der Waals surface area contributed by atoms with Gasteiger partial charge in [0.1, 0.15) is 0 Å². The maximum absolute atomic E-state index is 12.6. The lowest BCUT2D eigenvalue weighted by Crippen LogP contribution is -2.25. The molecule has 0 fully saturated rings. The molecule has 0 aliphatic rings. The highest BCUT2D eigenvalue weighted by molar-refractivity contribution is 14.1. The van der Waals surface area contributed by atoms with Crippen LogP contribution in [-0.4, -0.2) is 37.3 Å². The fourth-order valence-electron chi connectivity index (χ4n) is 3.34. The Labute approximate surface area is 220 Å². The molecular formula is C23H25IN6O4S. The molecule has 0 aliphatic heterocycles. The van der Waals surface area contributed by atoms with E-state index in [-0.39, 0.29) is 35.4 Å². The zero-order valence-corrected chi connectivity index (χ0v) is 22.4.